The maximum absolute atomic E-state index is 13.9. The molecule has 2 aromatic carbocycles. The largest absolute Gasteiger partial charge is 0.301 e. The van der Waals surface area contributed by atoms with Crippen LogP contribution >= 0.6 is 23.1 Å². The summed E-state index contributed by atoms with van der Waals surface area (Å²) in [6.45, 7) is 1.77. The highest BCUT2D eigenvalue weighted by atomic mass is 32.2. The van der Waals surface area contributed by atoms with Crippen molar-refractivity contribution in [3.05, 3.63) is 70.5 Å². The number of rotatable bonds is 5. The van der Waals surface area contributed by atoms with Crippen LogP contribution in [-0.4, -0.2) is 29.1 Å². The highest BCUT2D eigenvalue weighted by molar-refractivity contribution is 8.00. The molecule has 0 unspecified atom stereocenters. The van der Waals surface area contributed by atoms with E-state index in [9.17, 15) is 14.0 Å². The minimum absolute atomic E-state index is 0.0717. The quantitative estimate of drug-likeness (QED) is 0.661. The van der Waals surface area contributed by atoms with Crippen molar-refractivity contribution >= 4 is 45.7 Å². The molecule has 3 aromatic rings. The maximum Gasteiger partial charge on any atom is 0.246 e. The van der Waals surface area contributed by atoms with E-state index in [1.54, 1.807) is 18.2 Å². The molecule has 0 saturated heterocycles. The van der Waals surface area contributed by atoms with E-state index < -0.39 is 0 Å². The fourth-order valence-electron chi connectivity index (χ4n) is 3.09. The minimum atomic E-state index is -0.314. The Morgan fingerprint density at radius 1 is 1.21 bits per heavy atom. The summed E-state index contributed by atoms with van der Waals surface area (Å²) in [5.41, 5.74) is 2.09. The summed E-state index contributed by atoms with van der Waals surface area (Å²) in [5.74, 6) is -0.357. The number of halogens is 1. The first-order chi connectivity index (χ1) is 14.0. The number of carbonyl (C=O) groups is 2. The van der Waals surface area contributed by atoms with Gasteiger partial charge in [-0.25, -0.2) is 9.37 Å². The molecule has 0 atom stereocenters. The molecule has 1 aliphatic heterocycles. The molecule has 0 radical (unpaired) electrons. The molecule has 0 bridgehead atoms. The topological polar surface area (TPSA) is 62.3 Å². The summed E-state index contributed by atoms with van der Waals surface area (Å²) in [5, 5.41) is 3.23. The van der Waals surface area contributed by atoms with E-state index in [0.29, 0.717) is 22.9 Å². The van der Waals surface area contributed by atoms with Crippen LogP contribution in [0.2, 0.25) is 0 Å². The highest BCUT2D eigenvalue weighted by Gasteiger charge is 2.26. The predicted octanol–water partition coefficient (Wildman–Crippen LogP) is 4.26. The van der Waals surface area contributed by atoms with E-state index in [2.05, 4.69) is 10.3 Å². The van der Waals surface area contributed by atoms with Gasteiger partial charge < -0.3 is 10.2 Å². The Labute approximate surface area is 176 Å². The summed E-state index contributed by atoms with van der Waals surface area (Å²) >= 11 is 2.80. The zero-order valence-corrected chi connectivity index (χ0v) is 17.3. The van der Waals surface area contributed by atoms with Crippen LogP contribution in [-0.2, 0) is 16.0 Å². The number of anilines is 2. The van der Waals surface area contributed by atoms with Gasteiger partial charge in [0.25, 0.3) is 0 Å². The van der Waals surface area contributed by atoms with Crippen LogP contribution in [0.1, 0.15) is 16.1 Å². The second kappa shape index (κ2) is 8.34. The van der Waals surface area contributed by atoms with Crippen molar-refractivity contribution < 1.29 is 14.0 Å². The van der Waals surface area contributed by atoms with Gasteiger partial charge in [0.1, 0.15) is 12.4 Å². The lowest BCUT2D eigenvalue weighted by atomic mass is 10.1. The van der Waals surface area contributed by atoms with E-state index in [1.165, 1.54) is 34.1 Å². The van der Waals surface area contributed by atoms with E-state index in [0.717, 1.165) is 21.2 Å². The standard InChI is InChI=1S/C21H18FN3O2S2/c1-13-18(10-14-6-2-3-7-15(14)22)29-21(23-13)24-19(26)11-25-16-8-4-5-9-17(16)28-12-20(25)27/h2-9H,10-12H2,1H3,(H,23,24,26). The van der Waals surface area contributed by atoms with Gasteiger partial charge in [0.05, 0.1) is 17.1 Å². The molecule has 29 heavy (non-hydrogen) atoms. The van der Waals surface area contributed by atoms with Gasteiger partial charge in [0, 0.05) is 16.2 Å². The molecule has 2 amide bonds. The van der Waals surface area contributed by atoms with Gasteiger partial charge in [-0.05, 0) is 30.7 Å². The van der Waals surface area contributed by atoms with Gasteiger partial charge in [0.15, 0.2) is 5.13 Å². The Balaban J connectivity index is 1.46. The number of thioether (sulfide) groups is 1. The highest BCUT2D eigenvalue weighted by Crippen LogP contribution is 2.35. The fourth-order valence-corrected chi connectivity index (χ4v) is 5.03. The Morgan fingerprint density at radius 3 is 2.79 bits per heavy atom. The van der Waals surface area contributed by atoms with Crippen LogP contribution in [0.15, 0.2) is 53.4 Å². The monoisotopic (exact) mass is 427 g/mol. The molecule has 148 valence electrons. The maximum atomic E-state index is 13.9. The number of nitrogens with one attached hydrogen (secondary N) is 1. The zero-order chi connectivity index (χ0) is 20.4. The molecule has 5 nitrogen and oxygen atoms in total. The van der Waals surface area contributed by atoms with Crippen molar-refractivity contribution in [2.24, 2.45) is 0 Å². The molecule has 1 N–H and O–H groups in total. The third kappa shape index (κ3) is 4.33. The Hall–Kier alpha value is -2.71. The number of fused-ring (bicyclic) bond motifs is 1. The lowest BCUT2D eigenvalue weighted by Gasteiger charge is -2.28. The fraction of sp³-hybridized carbons (Fsp3) is 0.190. The molecule has 0 saturated carbocycles. The van der Waals surface area contributed by atoms with Crippen LogP contribution in [0.25, 0.3) is 0 Å². The Bertz CT molecular complexity index is 1080. The number of thiazole rings is 1. The number of carbonyl (C=O) groups excluding carboxylic acids is 2. The number of hydrogen-bond acceptors (Lipinski definition) is 5. The third-order valence-corrected chi connectivity index (χ3v) is 6.68. The summed E-state index contributed by atoms with van der Waals surface area (Å²) in [6, 6.07) is 14.2. The number of amides is 2. The normalized spacial score (nSPS) is 13.3. The lowest BCUT2D eigenvalue weighted by Crippen LogP contribution is -2.41. The van der Waals surface area contributed by atoms with Crippen molar-refractivity contribution in [3.63, 3.8) is 0 Å². The summed E-state index contributed by atoms with van der Waals surface area (Å²) in [6.07, 6.45) is 0.418. The summed E-state index contributed by atoms with van der Waals surface area (Å²) in [4.78, 5) is 32.6. The number of aromatic nitrogens is 1. The van der Waals surface area contributed by atoms with Crippen molar-refractivity contribution in [2.75, 3.05) is 22.5 Å². The van der Waals surface area contributed by atoms with Gasteiger partial charge in [-0.2, -0.15) is 0 Å². The number of aryl methyl sites for hydroxylation is 1. The van der Waals surface area contributed by atoms with Gasteiger partial charge in [-0.15, -0.1) is 23.1 Å². The van der Waals surface area contributed by atoms with E-state index in [4.69, 9.17) is 0 Å². The molecule has 8 heteroatoms. The summed E-state index contributed by atoms with van der Waals surface area (Å²) < 4.78 is 13.9. The van der Waals surface area contributed by atoms with Crippen molar-refractivity contribution in [3.8, 4) is 0 Å². The van der Waals surface area contributed by atoms with Crippen LogP contribution in [0.4, 0.5) is 15.2 Å². The Morgan fingerprint density at radius 2 is 1.97 bits per heavy atom. The van der Waals surface area contributed by atoms with E-state index >= 15 is 0 Å². The van der Waals surface area contributed by atoms with Crippen LogP contribution in [0.3, 0.4) is 0 Å². The van der Waals surface area contributed by atoms with Crippen molar-refractivity contribution in [1.29, 1.82) is 0 Å². The Kier molecular flexibility index (Phi) is 5.64. The first kappa shape index (κ1) is 19.6. The molecular weight excluding hydrogens is 409 g/mol. The average molecular weight is 428 g/mol. The SMILES string of the molecule is Cc1nc(NC(=O)CN2C(=O)CSc3ccccc32)sc1Cc1ccccc1F. The molecule has 0 aliphatic carbocycles. The van der Waals surface area contributed by atoms with E-state index in [-0.39, 0.29) is 24.2 Å². The molecular formula is C21H18FN3O2S2. The van der Waals surface area contributed by atoms with Gasteiger partial charge in [-0.1, -0.05) is 30.3 Å². The third-order valence-electron chi connectivity index (χ3n) is 4.56. The molecule has 1 aromatic heterocycles. The predicted molar refractivity (Wildman–Crippen MR) is 114 cm³/mol. The minimum Gasteiger partial charge on any atom is -0.301 e. The van der Waals surface area contributed by atoms with Crippen molar-refractivity contribution in [2.45, 2.75) is 18.2 Å². The smallest absolute Gasteiger partial charge is 0.246 e. The van der Waals surface area contributed by atoms with E-state index in [1.807, 2.05) is 31.2 Å². The van der Waals surface area contributed by atoms with Crippen LogP contribution in [0, 0.1) is 12.7 Å². The summed E-state index contributed by atoms with van der Waals surface area (Å²) in [7, 11) is 0. The molecule has 1 aliphatic rings. The number of benzene rings is 2. The van der Waals surface area contributed by atoms with Gasteiger partial charge in [-0.3, -0.25) is 9.59 Å². The van der Waals surface area contributed by atoms with Crippen LogP contribution < -0.4 is 10.2 Å². The second-order valence-corrected chi connectivity index (χ2v) is 8.68. The first-order valence-electron chi connectivity index (χ1n) is 9.03. The number of hydrogen-bond donors (Lipinski definition) is 1. The lowest BCUT2D eigenvalue weighted by molar-refractivity contribution is -0.120. The zero-order valence-electron chi connectivity index (χ0n) is 15.6. The van der Waals surface area contributed by atoms with Gasteiger partial charge in [0.2, 0.25) is 11.8 Å². The van der Waals surface area contributed by atoms with Crippen molar-refractivity contribution in [1.82, 2.24) is 4.98 Å². The number of nitrogens with zero attached hydrogens (tertiary/aromatic N) is 2. The van der Waals surface area contributed by atoms with Crippen LogP contribution in [0.5, 0.6) is 0 Å². The number of para-hydroxylation sites is 1. The molecule has 0 spiro atoms. The molecule has 2 heterocycles. The van der Waals surface area contributed by atoms with Gasteiger partial charge >= 0.3 is 0 Å². The average Bonchev–Trinajstić information content (AvgIpc) is 3.04. The first-order valence-corrected chi connectivity index (χ1v) is 10.8. The molecule has 4 rings (SSSR count). The molecule has 0 fully saturated rings. The second-order valence-electron chi connectivity index (χ2n) is 6.58.